The van der Waals surface area contributed by atoms with Gasteiger partial charge in [0.1, 0.15) is 0 Å². The predicted octanol–water partition coefficient (Wildman–Crippen LogP) is 3.75. The highest BCUT2D eigenvalue weighted by molar-refractivity contribution is 7.56. The number of phenolic OH excluding ortho intramolecular Hbond substituents is 1. The van der Waals surface area contributed by atoms with E-state index in [0.717, 1.165) is 17.0 Å². The van der Waals surface area contributed by atoms with Crippen LogP contribution in [0.1, 0.15) is 29.5 Å². The fourth-order valence-corrected chi connectivity index (χ4v) is 5.18. The van der Waals surface area contributed by atoms with Gasteiger partial charge in [0.25, 0.3) is 7.52 Å². The third kappa shape index (κ3) is 5.01. The fraction of sp³-hybridized carbons (Fsp3) is 0.474. The van der Waals surface area contributed by atoms with Crippen molar-refractivity contribution in [2.24, 2.45) is 0 Å². The van der Waals surface area contributed by atoms with E-state index in [-0.39, 0.29) is 12.3 Å². The first-order valence-corrected chi connectivity index (χ1v) is 10.7. The maximum absolute atomic E-state index is 13.8. The average molecular weight is 408 g/mol. The summed E-state index contributed by atoms with van der Waals surface area (Å²) >= 11 is 0. The number of anilines is 1. The van der Waals surface area contributed by atoms with Crippen LogP contribution in [0.4, 0.5) is 5.95 Å². The summed E-state index contributed by atoms with van der Waals surface area (Å²) in [6.45, 7) is 6.19. The molecule has 0 fully saturated rings. The lowest BCUT2D eigenvalue weighted by atomic mass is 10.1. The fourth-order valence-electron chi connectivity index (χ4n) is 2.99. The Labute approximate surface area is 166 Å². The van der Waals surface area contributed by atoms with Crippen molar-refractivity contribution in [3.63, 3.8) is 0 Å². The number of hydrogen-bond acceptors (Lipinski definition) is 7. The van der Waals surface area contributed by atoms with Crippen molar-refractivity contribution >= 4 is 13.5 Å². The van der Waals surface area contributed by atoms with Crippen molar-refractivity contribution in [2.45, 2.75) is 26.4 Å². The van der Waals surface area contributed by atoms with E-state index in [9.17, 15) is 9.67 Å². The van der Waals surface area contributed by atoms with Crippen molar-refractivity contribution in [1.29, 1.82) is 0 Å². The number of phenols is 1. The van der Waals surface area contributed by atoms with Gasteiger partial charge in [0.15, 0.2) is 11.5 Å². The first-order chi connectivity index (χ1) is 13.2. The van der Waals surface area contributed by atoms with Gasteiger partial charge >= 0.3 is 0 Å². The number of hydrogen-bond donors (Lipinski definition) is 2. The van der Waals surface area contributed by atoms with Gasteiger partial charge in [-0.05, 0) is 58.6 Å². The zero-order chi connectivity index (χ0) is 20.9. The van der Waals surface area contributed by atoms with E-state index in [0.29, 0.717) is 18.3 Å². The molecule has 1 aromatic carbocycles. The minimum Gasteiger partial charge on any atom is -0.504 e. The standard InChI is InChI=1S/C19H29N4O4P/c1-7-27-28(25,23(4)5)18(15-8-9-16(24)17(11-15)26-6)12-20-19-21-13(2)10-14(3)22-19/h8-11,18,24H,7,12H2,1-6H3,(H,20,21,22). The molecule has 0 radical (unpaired) electrons. The molecule has 2 atom stereocenters. The molecule has 154 valence electrons. The van der Waals surface area contributed by atoms with Crippen LogP contribution in [0.25, 0.3) is 0 Å². The molecule has 2 rings (SSSR count). The summed E-state index contributed by atoms with van der Waals surface area (Å²) in [7, 11) is 1.69. The highest BCUT2D eigenvalue weighted by atomic mass is 31.2. The minimum absolute atomic E-state index is 0.0201. The van der Waals surface area contributed by atoms with E-state index < -0.39 is 13.2 Å². The number of methoxy groups -OCH3 is 1. The van der Waals surface area contributed by atoms with Gasteiger partial charge in [0.05, 0.1) is 19.4 Å². The molecule has 2 unspecified atom stereocenters. The number of benzene rings is 1. The molecule has 0 aliphatic rings. The molecule has 1 aromatic heterocycles. The second-order valence-corrected chi connectivity index (χ2v) is 9.44. The van der Waals surface area contributed by atoms with Gasteiger partial charge in [-0.1, -0.05) is 6.07 Å². The Bertz CT molecular complexity index is 840. The predicted molar refractivity (Wildman–Crippen MR) is 110 cm³/mol. The van der Waals surface area contributed by atoms with Crippen LogP contribution in [0.3, 0.4) is 0 Å². The lowest BCUT2D eigenvalue weighted by molar-refractivity contribution is 0.289. The molecule has 1 heterocycles. The molecule has 0 amide bonds. The van der Waals surface area contributed by atoms with E-state index in [1.54, 1.807) is 30.9 Å². The Morgan fingerprint density at radius 1 is 1.21 bits per heavy atom. The van der Waals surface area contributed by atoms with Gasteiger partial charge in [0, 0.05) is 17.9 Å². The zero-order valence-electron chi connectivity index (χ0n) is 17.3. The average Bonchev–Trinajstić information content (AvgIpc) is 2.62. The van der Waals surface area contributed by atoms with Crippen LogP contribution in [0.2, 0.25) is 0 Å². The smallest absolute Gasteiger partial charge is 0.280 e. The number of ether oxygens (including phenoxy) is 1. The number of nitrogens with zero attached hydrogens (tertiary/aromatic N) is 3. The van der Waals surface area contributed by atoms with Crippen molar-refractivity contribution < 1.29 is 18.9 Å². The molecule has 2 aromatic rings. The summed E-state index contributed by atoms with van der Waals surface area (Å²) in [6.07, 6.45) is 0. The first-order valence-electron chi connectivity index (χ1n) is 9.06. The second-order valence-electron chi connectivity index (χ2n) is 6.63. The van der Waals surface area contributed by atoms with Gasteiger partial charge in [-0.3, -0.25) is 4.57 Å². The Morgan fingerprint density at radius 3 is 2.39 bits per heavy atom. The van der Waals surface area contributed by atoms with Crippen LogP contribution in [-0.4, -0.2) is 54.1 Å². The topological polar surface area (TPSA) is 96.8 Å². The number of aromatic nitrogens is 2. The Morgan fingerprint density at radius 2 is 1.86 bits per heavy atom. The van der Waals surface area contributed by atoms with Crippen LogP contribution in [-0.2, 0) is 9.09 Å². The molecule has 2 N–H and O–H groups in total. The van der Waals surface area contributed by atoms with Crippen molar-refractivity contribution in [3.05, 3.63) is 41.2 Å². The van der Waals surface area contributed by atoms with Crippen molar-refractivity contribution in [3.8, 4) is 11.5 Å². The van der Waals surface area contributed by atoms with Gasteiger partial charge in [0.2, 0.25) is 5.95 Å². The van der Waals surface area contributed by atoms with E-state index in [1.165, 1.54) is 13.2 Å². The molecule has 0 spiro atoms. The van der Waals surface area contributed by atoms with Crippen LogP contribution >= 0.6 is 7.52 Å². The lowest BCUT2D eigenvalue weighted by Crippen LogP contribution is -2.23. The van der Waals surface area contributed by atoms with E-state index in [1.807, 2.05) is 26.8 Å². The van der Waals surface area contributed by atoms with E-state index >= 15 is 0 Å². The summed E-state index contributed by atoms with van der Waals surface area (Å²) in [5.74, 6) is 0.800. The SMILES string of the molecule is CCOP(=O)(C(CNc1nc(C)cc(C)n1)c1ccc(O)c(OC)c1)N(C)C. The maximum atomic E-state index is 13.8. The number of aromatic hydroxyl groups is 1. The van der Waals surface area contributed by atoms with E-state index in [4.69, 9.17) is 9.26 Å². The summed E-state index contributed by atoms with van der Waals surface area (Å²) in [5.41, 5.74) is 1.88. The summed E-state index contributed by atoms with van der Waals surface area (Å²) in [6, 6.07) is 6.82. The molecule has 0 aliphatic carbocycles. The third-order valence-corrected chi connectivity index (χ3v) is 7.30. The molecule has 9 heteroatoms. The molecule has 0 saturated carbocycles. The maximum Gasteiger partial charge on any atom is 0.280 e. The molecular formula is C19H29N4O4P. The largest absolute Gasteiger partial charge is 0.504 e. The summed E-state index contributed by atoms with van der Waals surface area (Å²) in [4.78, 5) is 8.78. The van der Waals surface area contributed by atoms with Crippen molar-refractivity contribution in [2.75, 3.05) is 39.7 Å². The summed E-state index contributed by atoms with van der Waals surface area (Å²) in [5, 5.41) is 13.1. The quantitative estimate of drug-likeness (QED) is 0.606. The first kappa shape index (κ1) is 22.1. The van der Waals surface area contributed by atoms with Gasteiger partial charge in [-0.25, -0.2) is 14.6 Å². The van der Waals surface area contributed by atoms with Crippen molar-refractivity contribution in [1.82, 2.24) is 14.6 Å². The van der Waals surface area contributed by atoms with Crippen LogP contribution < -0.4 is 10.1 Å². The highest BCUT2D eigenvalue weighted by Crippen LogP contribution is 2.61. The van der Waals surface area contributed by atoms with Crippen LogP contribution in [0.5, 0.6) is 11.5 Å². The zero-order valence-corrected chi connectivity index (χ0v) is 18.2. The van der Waals surface area contributed by atoms with Gasteiger partial charge in [-0.15, -0.1) is 0 Å². The summed E-state index contributed by atoms with van der Waals surface area (Å²) < 4.78 is 26.4. The van der Waals surface area contributed by atoms with Crippen LogP contribution in [0, 0.1) is 13.8 Å². The third-order valence-electron chi connectivity index (χ3n) is 4.29. The minimum atomic E-state index is -3.25. The highest BCUT2D eigenvalue weighted by Gasteiger charge is 2.38. The van der Waals surface area contributed by atoms with Crippen LogP contribution in [0.15, 0.2) is 24.3 Å². The van der Waals surface area contributed by atoms with E-state index in [2.05, 4.69) is 15.3 Å². The number of rotatable bonds is 9. The lowest BCUT2D eigenvalue weighted by Gasteiger charge is -2.32. The molecule has 0 bridgehead atoms. The molecule has 28 heavy (non-hydrogen) atoms. The number of aryl methyl sites for hydroxylation is 2. The molecule has 0 aliphatic heterocycles. The van der Waals surface area contributed by atoms with Gasteiger partial charge in [-0.2, -0.15) is 0 Å². The van der Waals surface area contributed by atoms with Gasteiger partial charge < -0.3 is 19.7 Å². The monoisotopic (exact) mass is 408 g/mol. The molecular weight excluding hydrogens is 379 g/mol. The molecule has 8 nitrogen and oxygen atoms in total. The Kier molecular flexibility index (Phi) is 7.41. The Hall–Kier alpha value is -2.15. The second kappa shape index (κ2) is 9.37. The normalized spacial score (nSPS) is 14.5. The Balaban J connectivity index is 2.44. The molecule has 0 saturated heterocycles. The number of nitrogens with one attached hydrogen (secondary N) is 1.